The van der Waals surface area contributed by atoms with Gasteiger partial charge in [-0.3, -0.25) is 19.8 Å². The van der Waals surface area contributed by atoms with Gasteiger partial charge in [-0.25, -0.2) is 4.79 Å². The van der Waals surface area contributed by atoms with Crippen molar-refractivity contribution >= 4 is 23.3 Å². The number of aromatic nitrogens is 2. The molecule has 0 saturated carbocycles. The fourth-order valence-electron chi connectivity index (χ4n) is 3.31. The Balaban J connectivity index is 2.03. The molecule has 1 aliphatic heterocycles. The number of hydrogen-bond acceptors (Lipinski definition) is 6. The summed E-state index contributed by atoms with van der Waals surface area (Å²) in [4.78, 5) is 32.4. The highest BCUT2D eigenvalue weighted by Gasteiger charge is 2.21. The summed E-state index contributed by atoms with van der Waals surface area (Å²) in [6.45, 7) is 0. The Kier molecular flexibility index (Phi) is 4.93. The van der Waals surface area contributed by atoms with Gasteiger partial charge in [0.05, 0.1) is 25.1 Å². The molecule has 0 saturated heterocycles. The number of nitrogens with one attached hydrogen (secondary N) is 2. The van der Waals surface area contributed by atoms with Crippen LogP contribution < -0.4 is 31.3 Å². The minimum Gasteiger partial charge on any atom is -0.496 e. The molecule has 1 aliphatic rings. The Morgan fingerprint density at radius 1 is 1.07 bits per heavy atom. The topological polar surface area (TPSA) is 117 Å². The number of rotatable bonds is 4. The average Bonchev–Trinajstić information content (AvgIpc) is 3.16. The van der Waals surface area contributed by atoms with Gasteiger partial charge in [0.2, 0.25) is 5.88 Å². The van der Waals surface area contributed by atoms with Crippen molar-refractivity contribution in [3.05, 3.63) is 89.7 Å². The van der Waals surface area contributed by atoms with E-state index in [1.54, 1.807) is 24.4 Å². The molecule has 4 rings (SSSR count). The highest BCUT2D eigenvalue weighted by Crippen LogP contribution is 2.32. The van der Waals surface area contributed by atoms with Crippen LogP contribution in [0.3, 0.4) is 0 Å². The zero-order valence-electron chi connectivity index (χ0n) is 15.9. The average molecular weight is 426 g/mol. The first-order valence-corrected chi connectivity index (χ1v) is 9.17. The molecule has 0 bridgehead atoms. The van der Waals surface area contributed by atoms with Gasteiger partial charge in [-0.2, -0.15) is 0 Å². The Bertz CT molecular complexity index is 1420. The Morgan fingerprint density at radius 3 is 2.40 bits per heavy atom. The fraction of sp³-hybridized carbons (Fsp3) is 0.0952. The van der Waals surface area contributed by atoms with Gasteiger partial charge >= 0.3 is 5.69 Å². The van der Waals surface area contributed by atoms with E-state index < -0.39 is 17.1 Å². The Morgan fingerprint density at radius 2 is 1.77 bits per heavy atom. The summed E-state index contributed by atoms with van der Waals surface area (Å²) in [7, 11) is 3.01. The molecule has 0 radical (unpaired) electrons. The third-order valence-electron chi connectivity index (χ3n) is 4.70. The Hall–Kier alpha value is -3.78. The van der Waals surface area contributed by atoms with Crippen LogP contribution in [0.4, 0.5) is 0 Å². The molecule has 1 aromatic heterocycles. The zero-order valence-corrected chi connectivity index (χ0v) is 16.7. The van der Waals surface area contributed by atoms with Crippen molar-refractivity contribution in [1.29, 1.82) is 0 Å². The molecule has 0 fully saturated rings. The SMILES string of the molecule is COc1cc(OC)c(=Cc2c(O)[nH]c(=O)[nH]c2=O)c2c1C(c1ccc(Cl)cc1)=CN=2. The number of fused-ring (bicyclic) bond motifs is 1. The highest BCUT2D eigenvalue weighted by atomic mass is 35.5. The minimum atomic E-state index is -0.807. The predicted molar refractivity (Wildman–Crippen MR) is 112 cm³/mol. The molecular formula is C21H16ClN3O5. The Labute approximate surface area is 174 Å². The molecule has 9 heteroatoms. The summed E-state index contributed by atoms with van der Waals surface area (Å²) in [5.74, 6) is 0.352. The van der Waals surface area contributed by atoms with E-state index in [4.69, 9.17) is 21.1 Å². The predicted octanol–water partition coefficient (Wildman–Crippen LogP) is 1.29. The lowest BCUT2D eigenvalue weighted by molar-refractivity contribution is 0.390. The lowest BCUT2D eigenvalue weighted by Gasteiger charge is -2.12. The summed E-state index contributed by atoms with van der Waals surface area (Å²) in [6.07, 6.45) is 3.09. The van der Waals surface area contributed by atoms with E-state index in [9.17, 15) is 14.7 Å². The second-order valence-electron chi connectivity index (χ2n) is 6.41. The third kappa shape index (κ3) is 3.27. The van der Waals surface area contributed by atoms with Crippen molar-refractivity contribution in [2.45, 2.75) is 0 Å². The van der Waals surface area contributed by atoms with E-state index in [1.165, 1.54) is 20.3 Å². The van der Waals surface area contributed by atoms with Gasteiger partial charge in [0.1, 0.15) is 17.1 Å². The summed E-state index contributed by atoms with van der Waals surface area (Å²) in [5, 5.41) is 11.6. The van der Waals surface area contributed by atoms with Crippen LogP contribution in [0.5, 0.6) is 17.4 Å². The normalized spacial score (nSPS) is 12.9. The molecule has 152 valence electrons. The van der Waals surface area contributed by atoms with Crippen LogP contribution in [-0.4, -0.2) is 29.3 Å². The standard InChI is InChI=1S/C21H16ClN3O5/c1-29-15-8-16(30-2)17-14(10-3-5-11(22)6-4-10)9-23-18(17)12(15)7-13-19(26)24-21(28)25-20(13)27/h3-9H,1-2H3,(H3,24,25,26,27,28). The molecule has 0 aliphatic carbocycles. The maximum atomic E-state index is 12.2. The van der Waals surface area contributed by atoms with Crippen LogP contribution in [0.2, 0.25) is 5.02 Å². The molecule has 0 unspecified atom stereocenters. The largest absolute Gasteiger partial charge is 0.496 e. The lowest BCUT2D eigenvalue weighted by Crippen LogP contribution is -2.31. The van der Waals surface area contributed by atoms with Crippen LogP contribution >= 0.6 is 11.6 Å². The van der Waals surface area contributed by atoms with E-state index in [0.717, 1.165) is 11.1 Å². The zero-order chi connectivity index (χ0) is 21.4. The first-order valence-electron chi connectivity index (χ1n) is 8.79. The maximum Gasteiger partial charge on any atom is 0.328 e. The summed E-state index contributed by atoms with van der Waals surface area (Å²) in [6, 6.07) is 8.95. The van der Waals surface area contributed by atoms with Gasteiger partial charge in [-0.05, 0) is 23.8 Å². The monoisotopic (exact) mass is 425 g/mol. The van der Waals surface area contributed by atoms with Crippen LogP contribution in [-0.2, 0) is 0 Å². The first-order chi connectivity index (χ1) is 14.4. The summed E-state index contributed by atoms with van der Waals surface area (Å²) >= 11 is 6.00. The molecule has 30 heavy (non-hydrogen) atoms. The molecule has 0 atom stereocenters. The second-order valence-corrected chi connectivity index (χ2v) is 6.85. The van der Waals surface area contributed by atoms with Gasteiger partial charge in [-0.1, -0.05) is 23.7 Å². The van der Waals surface area contributed by atoms with Crippen molar-refractivity contribution < 1.29 is 14.6 Å². The van der Waals surface area contributed by atoms with Gasteiger partial charge in [0.15, 0.2) is 0 Å². The van der Waals surface area contributed by atoms with Crippen molar-refractivity contribution in [3.63, 3.8) is 0 Å². The molecule has 0 spiro atoms. The first kappa shape index (κ1) is 19.5. The van der Waals surface area contributed by atoms with Gasteiger partial charge in [0, 0.05) is 28.1 Å². The van der Waals surface area contributed by atoms with E-state index in [1.807, 2.05) is 12.1 Å². The van der Waals surface area contributed by atoms with Crippen LogP contribution in [0.1, 0.15) is 16.7 Å². The number of H-pyrrole nitrogens is 2. The van der Waals surface area contributed by atoms with E-state index in [2.05, 4.69) is 15.0 Å². The van der Waals surface area contributed by atoms with E-state index >= 15 is 0 Å². The minimum absolute atomic E-state index is 0.129. The van der Waals surface area contributed by atoms with Crippen LogP contribution in [0, 0.1) is 0 Å². The maximum absolute atomic E-state index is 12.2. The fourth-order valence-corrected chi connectivity index (χ4v) is 3.43. The number of aromatic amines is 2. The van der Waals surface area contributed by atoms with Crippen molar-refractivity contribution in [2.75, 3.05) is 14.2 Å². The summed E-state index contributed by atoms with van der Waals surface area (Å²) < 4.78 is 11.0. The van der Waals surface area contributed by atoms with Gasteiger partial charge in [-0.15, -0.1) is 0 Å². The highest BCUT2D eigenvalue weighted by molar-refractivity contribution is 6.30. The number of halogens is 1. The molecule has 3 aromatic rings. The molecule has 3 N–H and O–H groups in total. The van der Waals surface area contributed by atoms with Crippen LogP contribution in [0.25, 0.3) is 11.6 Å². The smallest absolute Gasteiger partial charge is 0.328 e. The van der Waals surface area contributed by atoms with Crippen LogP contribution in [0.15, 0.2) is 51.1 Å². The number of hydrogen-bond donors (Lipinski definition) is 3. The number of ether oxygens (including phenoxy) is 2. The van der Waals surface area contributed by atoms with Crippen molar-refractivity contribution in [3.8, 4) is 17.4 Å². The second kappa shape index (κ2) is 7.57. The molecule has 8 nitrogen and oxygen atoms in total. The van der Waals surface area contributed by atoms with Crippen molar-refractivity contribution in [1.82, 2.24) is 9.97 Å². The van der Waals surface area contributed by atoms with Gasteiger partial charge < -0.3 is 14.6 Å². The van der Waals surface area contributed by atoms with Gasteiger partial charge in [0.25, 0.3) is 5.56 Å². The summed E-state index contributed by atoms with van der Waals surface area (Å²) in [5.41, 5.74) is 0.698. The number of methoxy groups -OCH3 is 2. The molecule has 2 heterocycles. The molecular weight excluding hydrogens is 410 g/mol. The third-order valence-corrected chi connectivity index (χ3v) is 4.95. The molecule has 0 amide bonds. The van der Waals surface area contributed by atoms with E-state index in [0.29, 0.717) is 32.7 Å². The van der Waals surface area contributed by atoms with E-state index in [-0.39, 0.29) is 5.56 Å². The molecule has 2 aromatic carbocycles. The lowest BCUT2D eigenvalue weighted by atomic mass is 9.97. The van der Waals surface area contributed by atoms with Crippen molar-refractivity contribution in [2.24, 2.45) is 4.99 Å². The number of nitrogens with zero attached hydrogens (tertiary/aromatic N) is 1. The number of benzene rings is 2. The quantitative estimate of drug-likeness (QED) is 0.582. The number of aromatic hydroxyl groups is 1.